The summed E-state index contributed by atoms with van der Waals surface area (Å²) < 4.78 is 1.32. The maximum Gasteiger partial charge on any atom is 0.295 e. The molecule has 0 bridgehead atoms. The minimum absolute atomic E-state index is 0.103. The van der Waals surface area contributed by atoms with E-state index in [4.69, 9.17) is 11.6 Å². The summed E-state index contributed by atoms with van der Waals surface area (Å²) in [4.78, 5) is 27.1. The van der Waals surface area contributed by atoms with Crippen molar-refractivity contribution in [3.63, 3.8) is 0 Å². The highest BCUT2D eigenvalue weighted by molar-refractivity contribution is 6.34. The van der Waals surface area contributed by atoms with Crippen LogP contribution in [-0.2, 0) is 7.05 Å². The van der Waals surface area contributed by atoms with Crippen molar-refractivity contribution in [1.29, 1.82) is 0 Å². The molecule has 0 aliphatic rings. The van der Waals surface area contributed by atoms with E-state index in [0.717, 1.165) is 5.01 Å². The van der Waals surface area contributed by atoms with Gasteiger partial charge in [-0.25, -0.2) is 4.98 Å². The fraction of sp³-hybridized carbons (Fsp3) is 0.250. The molecule has 2 rings (SSSR count). The molecular weight excluding hydrogens is 284 g/mol. The van der Waals surface area contributed by atoms with E-state index in [1.807, 2.05) is 0 Å². The number of para-hydroxylation sites is 1. The van der Waals surface area contributed by atoms with Gasteiger partial charge in [-0.3, -0.25) is 15.2 Å². The topological polar surface area (TPSA) is 90.3 Å². The summed E-state index contributed by atoms with van der Waals surface area (Å²) in [6, 6.07) is 5.03. The molecule has 1 amide bonds. The van der Waals surface area contributed by atoms with Crippen LogP contribution in [0.5, 0.6) is 0 Å². The van der Waals surface area contributed by atoms with Crippen molar-refractivity contribution in [3.8, 4) is 0 Å². The molecule has 0 saturated carbocycles. The van der Waals surface area contributed by atoms with E-state index in [2.05, 4.69) is 10.4 Å². The number of halogens is 1. The quantitative estimate of drug-likeness (QED) is 0.837. The van der Waals surface area contributed by atoms with Crippen LogP contribution in [0.3, 0.4) is 0 Å². The summed E-state index contributed by atoms with van der Waals surface area (Å²) in [6.07, 6.45) is -1.44. The summed E-state index contributed by atoms with van der Waals surface area (Å²) in [5.74, 6) is -0.103. The Hall–Kier alpha value is -2.28. The zero-order chi connectivity index (χ0) is 14.9. The van der Waals surface area contributed by atoms with Gasteiger partial charge >= 0.3 is 0 Å². The number of hydrogen-bond acceptors (Lipinski definition) is 5. The van der Waals surface area contributed by atoms with E-state index < -0.39 is 11.7 Å². The summed E-state index contributed by atoms with van der Waals surface area (Å²) >= 11 is 6.04. The number of anilines is 1. The van der Waals surface area contributed by atoms with Gasteiger partial charge in [0.05, 0.1) is 16.1 Å². The number of fused-ring (bicyclic) bond motifs is 1. The molecule has 1 heterocycles. The minimum atomic E-state index is -1.44. The zero-order valence-electron chi connectivity index (χ0n) is 10.9. The van der Waals surface area contributed by atoms with Gasteiger partial charge in [-0.2, -0.15) is 0 Å². The first-order chi connectivity index (χ1) is 9.45. The first kappa shape index (κ1) is 14.1. The normalized spacial score (nSPS) is 10.6. The van der Waals surface area contributed by atoms with Crippen LogP contribution in [0.2, 0.25) is 5.02 Å². The Labute approximate surface area is 119 Å². The van der Waals surface area contributed by atoms with Crippen molar-refractivity contribution >= 4 is 34.5 Å². The molecule has 0 saturated heterocycles. The van der Waals surface area contributed by atoms with Crippen molar-refractivity contribution < 1.29 is 9.90 Å². The molecule has 7 nitrogen and oxygen atoms in total. The Morgan fingerprint density at radius 3 is 2.85 bits per heavy atom. The first-order valence-corrected chi connectivity index (χ1v) is 6.24. The molecule has 0 atom stereocenters. The summed E-state index contributed by atoms with van der Waals surface area (Å²) in [5.41, 5.74) is 2.92. The fourth-order valence-corrected chi connectivity index (χ4v) is 2.11. The molecule has 0 fully saturated rings. The maximum atomic E-state index is 12.1. The van der Waals surface area contributed by atoms with Gasteiger partial charge in [0.2, 0.25) is 5.82 Å². The summed E-state index contributed by atoms with van der Waals surface area (Å²) in [5, 5.41) is 12.0. The number of carbonyl (C=O) groups is 1. The molecule has 8 heteroatoms. The van der Waals surface area contributed by atoms with Crippen LogP contribution < -0.4 is 16.1 Å². The largest absolute Gasteiger partial charge is 0.529 e. The van der Waals surface area contributed by atoms with E-state index >= 15 is 0 Å². The van der Waals surface area contributed by atoms with E-state index in [0.29, 0.717) is 16.1 Å². The third kappa shape index (κ3) is 2.39. The molecule has 20 heavy (non-hydrogen) atoms. The second-order valence-corrected chi connectivity index (χ2v) is 4.46. The lowest BCUT2D eigenvalue weighted by atomic mass is 10.3. The van der Waals surface area contributed by atoms with Crippen molar-refractivity contribution in [3.05, 3.63) is 33.6 Å². The lowest BCUT2D eigenvalue weighted by Gasteiger charge is -2.24. The monoisotopic (exact) mass is 295 g/mol. The predicted molar refractivity (Wildman–Crippen MR) is 73.4 cm³/mol. The number of benzene rings is 1. The number of carboxylic acid groups (broad SMARTS) is 1. The Kier molecular flexibility index (Phi) is 3.80. The Bertz CT molecular complexity index is 728. The first-order valence-electron chi connectivity index (χ1n) is 5.86. The van der Waals surface area contributed by atoms with E-state index in [1.165, 1.54) is 4.57 Å². The van der Waals surface area contributed by atoms with Gasteiger partial charge in [0.25, 0.3) is 5.56 Å². The number of amides is 1. The van der Waals surface area contributed by atoms with Gasteiger partial charge < -0.3 is 14.5 Å². The van der Waals surface area contributed by atoms with Crippen LogP contribution >= 0.6 is 11.6 Å². The Morgan fingerprint density at radius 2 is 2.25 bits per heavy atom. The number of hydrazine groups is 1. The number of aromatic nitrogens is 2. The van der Waals surface area contributed by atoms with Gasteiger partial charge in [0.15, 0.2) is 6.09 Å². The van der Waals surface area contributed by atoms with Gasteiger partial charge in [0.1, 0.15) is 0 Å². The molecule has 0 radical (unpaired) electrons. The molecule has 0 unspecified atom stereocenters. The SMILES string of the molecule is CCN(Nc1nc2cccc(Cl)c2n(C)c1=O)C(=O)[O-]. The van der Waals surface area contributed by atoms with Crippen molar-refractivity contribution in [1.82, 2.24) is 14.6 Å². The smallest absolute Gasteiger partial charge is 0.295 e. The average Bonchev–Trinajstić information content (AvgIpc) is 2.40. The molecule has 2 aromatic rings. The summed E-state index contributed by atoms with van der Waals surface area (Å²) in [7, 11) is 1.54. The second-order valence-electron chi connectivity index (χ2n) is 4.05. The molecular formula is C12H12ClN4O3-. The Balaban J connectivity index is 2.59. The lowest BCUT2D eigenvalue weighted by molar-refractivity contribution is -0.263. The van der Waals surface area contributed by atoms with Gasteiger partial charge in [-0.15, -0.1) is 0 Å². The molecule has 1 aromatic heterocycles. The third-order valence-corrected chi connectivity index (χ3v) is 3.12. The van der Waals surface area contributed by atoms with Crippen molar-refractivity contribution in [2.24, 2.45) is 7.05 Å². The molecule has 106 valence electrons. The minimum Gasteiger partial charge on any atom is -0.529 e. The number of nitrogens with one attached hydrogen (secondary N) is 1. The van der Waals surface area contributed by atoms with Crippen LogP contribution in [-0.4, -0.2) is 27.2 Å². The average molecular weight is 296 g/mol. The third-order valence-electron chi connectivity index (χ3n) is 2.82. The van der Waals surface area contributed by atoms with Crippen molar-refractivity contribution in [2.45, 2.75) is 6.92 Å². The lowest BCUT2D eigenvalue weighted by Crippen LogP contribution is -2.46. The predicted octanol–water partition coefficient (Wildman–Crippen LogP) is 0.579. The molecule has 0 spiro atoms. The molecule has 1 N–H and O–H groups in total. The van der Waals surface area contributed by atoms with Crippen LogP contribution in [0.25, 0.3) is 11.0 Å². The second kappa shape index (κ2) is 5.38. The van der Waals surface area contributed by atoms with Gasteiger partial charge in [-0.1, -0.05) is 17.7 Å². The zero-order valence-corrected chi connectivity index (χ0v) is 11.6. The molecule has 0 aliphatic heterocycles. The number of hydrogen-bond donors (Lipinski definition) is 1. The number of rotatable bonds is 3. The number of carbonyl (C=O) groups excluding carboxylic acids is 1. The van der Waals surface area contributed by atoms with E-state index in [-0.39, 0.29) is 12.4 Å². The highest BCUT2D eigenvalue weighted by Gasteiger charge is 2.12. The van der Waals surface area contributed by atoms with E-state index in [9.17, 15) is 14.7 Å². The fourth-order valence-electron chi connectivity index (χ4n) is 1.81. The highest BCUT2D eigenvalue weighted by atomic mass is 35.5. The van der Waals surface area contributed by atoms with Crippen LogP contribution in [0.4, 0.5) is 10.6 Å². The van der Waals surface area contributed by atoms with Crippen molar-refractivity contribution in [2.75, 3.05) is 12.0 Å². The standard InChI is InChI=1S/C12H13ClN4O3/c1-3-17(12(19)20)15-10-11(18)16(2)9-7(13)5-4-6-8(9)14-10/h4-6H,3H2,1-2H3,(H,14,15)(H,19,20)/p-1. The molecule has 0 aliphatic carbocycles. The number of aryl methyl sites for hydroxylation is 1. The van der Waals surface area contributed by atoms with E-state index in [1.54, 1.807) is 32.2 Å². The van der Waals surface area contributed by atoms with Crippen LogP contribution in [0, 0.1) is 0 Å². The highest BCUT2D eigenvalue weighted by Crippen LogP contribution is 2.20. The Morgan fingerprint density at radius 1 is 1.55 bits per heavy atom. The van der Waals surface area contributed by atoms with Gasteiger partial charge in [-0.05, 0) is 19.1 Å². The van der Waals surface area contributed by atoms with Crippen LogP contribution in [0.1, 0.15) is 6.92 Å². The molecule has 1 aromatic carbocycles. The maximum absolute atomic E-state index is 12.1. The summed E-state index contributed by atoms with van der Waals surface area (Å²) in [6.45, 7) is 1.71. The van der Waals surface area contributed by atoms with Crippen LogP contribution in [0.15, 0.2) is 23.0 Å². The van der Waals surface area contributed by atoms with Gasteiger partial charge in [0, 0.05) is 13.6 Å². The number of nitrogens with zero attached hydrogens (tertiary/aromatic N) is 3.